The summed E-state index contributed by atoms with van der Waals surface area (Å²) in [5, 5.41) is 14.7. The molecule has 0 heterocycles. The van der Waals surface area contributed by atoms with Crippen LogP contribution in [0.5, 0.6) is 0 Å². The molecule has 12 nitrogen and oxygen atoms in total. The molecule has 2 aromatic rings. The number of amides is 2. The number of carbonyl (C=O) groups excluding carboxylic acids is 3. The Balaban J connectivity index is 0. The fourth-order valence-corrected chi connectivity index (χ4v) is 6.39. The lowest BCUT2D eigenvalue weighted by Crippen LogP contribution is -2.45. The first-order valence-electron chi connectivity index (χ1n) is 20.6. The highest BCUT2D eigenvalue weighted by Crippen LogP contribution is 2.40. The molecule has 60 heavy (non-hydrogen) atoms. The van der Waals surface area contributed by atoms with Gasteiger partial charge in [-0.15, -0.1) is 0 Å². The maximum atomic E-state index is 13.2. The van der Waals surface area contributed by atoms with Gasteiger partial charge in [-0.2, -0.15) is 0 Å². The van der Waals surface area contributed by atoms with Crippen molar-refractivity contribution in [1.29, 1.82) is 0 Å². The predicted octanol–water partition coefficient (Wildman–Crippen LogP) is 7.67. The van der Waals surface area contributed by atoms with E-state index in [1.165, 1.54) is 25.7 Å². The molecule has 0 bridgehead atoms. The van der Waals surface area contributed by atoms with Crippen LogP contribution in [0.15, 0.2) is 60.7 Å². The van der Waals surface area contributed by atoms with Crippen LogP contribution in [0.4, 0.5) is 0 Å². The molecule has 0 aromatic heterocycles. The topological polar surface area (TPSA) is 176 Å². The second-order valence-corrected chi connectivity index (χ2v) is 15.6. The maximum Gasteiger partial charge on any atom is 0.474 e. The monoisotopic (exact) mass is 841 g/mol. The molecule has 0 radical (unpaired) electrons. The fourth-order valence-electron chi connectivity index (χ4n) is 6.39. The molecule has 4 rings (SSSR count). The number of carbonyl (C=O) groups is 4. The van der Waals surface area contributed by atoms with Crippen LogP contribution in [0.25, 0.3) is 0 Å². The molecule has 0 aliphatic heterocycles. The molecule has 2 amide bonds. The second kappa shape index (κ2) is 32.2. The smallest absolute Gasteiger partial charge is 0.474 e. The highest BCUT2D eigenvalue weighted by atomic mass is 16.6. The minimum absolute atomic E-state index is 0. The van der Waals surface area contributed by atoms with Gasteiger partial charge in [-0.3, -0.25) is 14.4 Å². The SMILES string of the molecule is C.C.CCC(C)C(=O)NC(Cc1ccccc1)C(=O)CC(CC1CC1)B(OC)OC.CCC(C)C(=O)NC(Cc1ccccc1)C(=O)O.COB(OC)C(N)CC1CC1.[CH3-]. The van der Waals surface area contributed by atoms with Gasteiger partial charge >= 0.3 is 20.2 Å². The summed E-state index contributed by atoms with van der Waals surface area (Å²) >= 11 is 0. The van der Waals surface area contributed by atoms with Crippen LogP contribution in [-0.4, -0.2) is 89.4 Å². The molecular weight excluding hydrogens is 760 g/mol. The third-order valence-corrected chi connectivity index (χ3v) is 10.8. The van der Waals surface area contributed by atoms with Gasteiger partial charge in [-0.25, -0.2) is 4.79 Å². The summed E-state index contributed by atoms with van der Waals surface area (Å²) in [7, 11) is 5.86. The van der Waals surface area contributed by atoms with Crippen molar-refractivity contribution in [3.63, 3.8) is 0 Å². The van der Waals surface area contributed by atoms with Gasteiger partial charge in [-0.05, 0) is 55.1 Å². The number of carboxylic acid groups (broad SMARTS) is 1. The van der Waals surface area contributed by atoms with E-state index in [1.54, 1.807) is 35.4 Å². The first kappa shape index (κ1) is 58.5. The lowest BCUT2D eigenvalue weighted by molar-refractivity contribution is -0.142. The summed E-state index contributed by atoms with van der Waals surface area (Å²) in [4.78, 5) is 48.5. The lowest BCUT2D eigenvalue weighted by Gasteiger charge is -2.24. The van der Waals surface area contributed by atoms with Gasteiger partial charge in [0.1, 0.15) is 6.04 Å². The number of rotatable bonds is 24. The van der Waals surface area contributed by atoms with Crippen molar-refractivity contribution in [1.82, 2.24) is 10.6 Å². The van der Waals surface area contributed by atoms with Crippen LogP contribution >= 0.6 is 0 Å². The third kappa shape index (κ3) is 22.9. The molecular formula is C46H80B2N3O9-. The van der Waals surface area contributed by atoms with Crippen LogP contribution in [0.2, 0.25) is 5.82 Å². The van der Waals surface area contributed by atoms with E-state index in [9.17, 15) is 19.2 Å². The molecule has 2 fully saturated rings. The average Bonchev–Trinajstić information content (AvgIpc) is 4.17. The van der Waals surface area contributed by atoms with Crippen LogP contribution in [0.3, 0.4) is 0 Å². The van der Waals surface area contributed by atoms with Gasteiger partial charge < -0.3 is 47.5 Å². The molecule has 14 heteroatoms. The first-order chi connectivity index (χ1) is 27.3. The van der Waals surface area contributed by atoms with Crippen LogP contribution < -0.4 is 16.4 Å². The zero-order chi connectivity index (χ0) is 42.3. The van der Waals surface area contributed by atoms with Gasteiger partial charge in [0, 0.05) is 64.9 Å². The molecule has 0 spiro atoms. The highest BCUT2D eigenvalue weighted by molar-refractivity contribution is 6.47. The standard InChI is InChI=1S/C22H34BNO4.C14H19NO3.C7H16BNO2.2CH4.CH3/c1-5-16(2)22(26)24-20(14-17-9-7-6-8-10-17)21(25)15-19(13-18-11-12-18)23(27-3)28-4;1-3-10(2)13(16)15-12(14(17)18)9-11-7-5-4-6-8-11;1-10-8(11-2)7(9)5-6-3-4-6;;;/h6-10,16,18-20H,5,11-15H2,1-4H3,(H,24,26);4-8,10,12H,3,9H2,1-2H3,(H,15,16)(H,17,18);6-7H,3-5,9H2,1-2H3;2*1H4;1H3/q;;;;;-1. The molecule has 5 N–H and O–H groups in total. The number of Topliss-reactive ketones (excluding diaryl/α,β-unsaturated/α-hetero) is 1. The second-order valence-electron chi connectivity index (χ2n) is 15.6. The van der Waals surface area contributed by atoms with Crippen LogP contribution in [0.1, 0.15) is 111 Å². The minimum Gasteiger partial charge on any atom is -0.480 e. The van der Waals surface area contributed by atoms with Crippen molar-refractivity contribution in [2.75, 3.05) is 28.4 Å². The van der Waals surface area contributed by atoms with Crippen molar-refractivity contribution < 1.29 is 42.9 Å². The number of hydrogen-bond acceptors (Lipinski definition) is 9. The Morgan fingerprint density at radius 2 is 1.07 bits per heavy atom. The molecule has 2 saturated carbocycles. The Kier molecular flexibility index (Phi) is 31.4. The number of nitrogens with one attached hydrogen (secondary N) is 2. The van der Waals surface area contributed by atoms with Crippen LogP contribution in [-0.2, 0) is 50.6 Å². The summed E-state index contributed by atoms with van der Waals surface area (Å²) in [6, 6.07) is 17.7. The normalized spacial score (nSPS) is 15.6. The van der Waals surface area contributed by atoms with Crippen molar-refractivity contribution >= 4 is 37.8 Å². The number of carboxylic acids is 1. The summed E-state index contributed by atoms with van der Waals surface area (Å²) < 4.78 is 21.0. The Morgan fingerprint density at radius 1 is 0.683 bits per heavy atom. The van der Waals surface area contributed by atoms with Gasteiger partial charge in [0.15, 0.2) is 5.78 Å². The van der Waals surface area contributed by atoms with Crippen LogP contribution in [0, 0.1) is 31.1 Å². The lowest BCUT2D eigenvalue weighted by atomic mass is 9.66. The van der Waals surface area contributed by atoms with Gasteiger partial charge in [-0.1, -0.05) is 129 Å². The van der Waals surface area contributed by atoms with Gasteiger partial charge in [0.25, 0.3) is 0 Å². The van der Waals surface area contributed by atoms with Crippen molar-refractivity contribution in [2.24, 2.45) is 29.4 Å². The third-order valence-electron chi connectivity index (χ3n) is 10.8. The summed E-state index contributed by atoms with van der Waals surface area (Å²) in [6.07, 6.45) is 9.64. The van der Waals surface area contributed by atoms with Gasteiger partial charge in [0.2, 0.25) is 11.8 Å². The van der Waals surface area contributed by atoms with E-state index in [0.717, 1.165) is 36.3 Å². The number of aliphatic carboxylic acids is 1. The Labute approximate surface area is 364 Å². The fraction of sp³-hybridized carbons (Fsp3) is 0.630. The maximum absolute atomic E-state index is 13.2. The average molecular weight is 841 g/mol. The number of ketones is 1. The summed E-state index contributed by atoms with van der Waals surface area (Å²) in [5.41, 5.74) is 7.77. The van der Waals surface area contributed by atoms with E-state index in [-0.39, 0.29) is 70.6 Å². The first-order valence-corrected chi connectivity index (χ1v) is 20.6. The Hall–Kier alpha value is -3.55. The van der Waals surface area contributed by atoms with E-state index in [4.69, 9.17) is 29.5 Å². The molecule has 0 saturated heterocycles. The Bertz CT molecular complexity index is 1440. The van der Waals surface area contributed by atoms with E-state index >= 15 is 0 Å². The quantitative estimate of drug-likeness (QED) is 0.0607. The zero-order valence-electron chi connectivity index (χ0n) is 36.6. The van der Waals surface area contributed by atoms with Crippen molar-refractivity contribution in [2.45, 2.75) is 137 Å². The molecule has 2 aromatic carbocycles. The van der Waals surface area contributed by atoms with E-state index in [2.05, 4.69) is 10.6 Å². The van der Waals surface area contributed by atoms with E-state index < -0.39 is 25.2 Å². The number of nitrogens with two attached hydrogens (primary N) is 1. The molecule has 2 aliphatic carbocycles. The molecule has 6 unspecified atom stereocenters. The zero-order valence-corrected chi connectivity index (χ0v) is 36.6. The van der Waals surface area contributed by atoms with E-state index in [0.29, 0.717) is 31.6 Å². The largest absolute Gasteiger partial charge is 0.480 e. The highest BCUT2D eigenvalue weighted by Gasteiger charge is 2.37. The summed E-state index contributed by atoms with van der Waals surface area (Å²) in [6.45, 7) is 7.56. The number of hydrogen-bond donors (Lipinski definition) is 4. The molecule has 6 atom stereocenters. The minimum atomic E-state index is -1.00. The molecule has 2 aliphatic rings. The van der Waals surface area contributed by atoms with Crippen molar-refractivity contribution in [3.05, 3.63) is 79.2 Å². The summed E-state index contributed by atoms with van der Waals surface area (Å²) in [5.74, 6) is 0.0331. The van der Waals surface area contributed by atoms with Gasteiger partial charge in [0.05, 0.1) is 6.04 Å². The van der Waals surface area contributed by atoms with E-state index in [1.807, 2.05) is 81.4 Å². The molecule has 340 valence electrons. The number of benzene rings is 2. The Morgan fingerprint density at radius 3 is 1.43 bits per heavy atom. The predicted molar refractivity (Wildman–Crippen MR) is 246 cm³/mol. The van der Waals surface area contributed by atoms with Crippen molar-refractivity contribution in [3.8, 4) is 0 Å².